The molecule has 0 saturated carbocycles. The van der Waals surface area contributed by atoms with E-state index in [4.69, 9.17) is 4.74 Å². The monoisotopic (exact) mass is 374 g/mol. The first-order valence-electron chi connectivity index (χ1n) is 9.61. The summed E-state index contributed by atoms with van der Waals surface area (Å²) in [4.78, 5) is 25.2. The van der Waals surface area contributed by atoms with E-state index in [2.05, 4.69) is 14.9 Å². The number of amides is 1. The van der Waals surface area contributed by atoms with Gasteiger partial charge in [0.15, 0.2) is 0 Å². The molecule has 3 heterocycles. The normalized spacial score (nSPS) is 21.7. The Morgan fingerprint density at radius 1 is 1.07 bits per heavy atom. The molecule has 1 saturated heterocycles. The number of nitrogens with zero attached hydrogens (tertiary/aromatic N) is 3. The molecule has 6 heteroatoms. The number of anilines is 1. The van der Waals surface area contributed by atoms with E-state index in [9.17, 15) is 4.79 Å². The van der Waals surface area contributed by atoms with Crippen molar-refractivity contribution < 1.29 is 9.53 Å². The standard InChI is InChI=1S/C22H22N4O2/c27-22-19-12-17(14-25(19)15-21-23-10-11-24-21)28-20-9-5-4-8-18(20)26(22)13-16-6-2-1-3-7-16/h1-11,17,19H,12-15H2,(H,23,24)/t17-,19-/m0/s1. The van der Waals surface area contributed by atoms with Crippen molar-refractivity contribution in [3.8, 4) is 5.75 Å². The summed E-state index contributed by atoms with van der Waals surface area (Å²) < 4.78 is 6.33. The van der Waals surface area contributed by atoms with E-state index >= 15 is 0 Å². The van der Waals surface area contributed by atoms with Gasteiger partial charge in [0, 0.05) is 25.4 Å². The number of rotatable bonds is 4. The number of carbonyl (C=O) groups excluding carboxylic acids is 1. The maximum absolute atomic E-state index is 13.7. The summed E-state index contributed by atoms with van der Waals surface area (Å²) in [6.45, 7) is 1.85. The number of carbonyl (C=O) groups is 1. The number of aromatic nitrogens is 2. The van der Waals surface area contributed by atoms with Crippen molar-refractivity contribution in [3.05, 3.63) is 78.4 Å². The van der Waals surface area contributed by atoms with Crippen LogP contribution in [0.3, 0.4) is 0 Å². The number of hydrogen-bond donors (Lipinski definition) is 1. The van der Waals surface area contributed by atoms with Crippen LogP contribution < -0.4 is 9.64 Å². The molecule has 0 aliphatic carbocycles. The van der Waals surface area contributed by atoms with Crippen LogP contribution in [0.4, 0.5) is 5.69 Å². The van der Waals surface area contributed by atoms with Crippen LogP contribution >= 0.6 is 0 Å². The topological polar surface area (TPSA) is 61.5 Å². The number of likely N-dealkylation sites (tertiary alicyclic amines) is 1. The highest BCUT2D eigenvalue weighted by Gasteiger charge is 2.43. The highest BCUT2D eigenvalue weighted by molar-refractivity contribution is 5.99. The lowest BCUT2D eigenvalue weighted by Crippen LogP contribution is -2.45. The van der Waals surface area contributed by atoms with Crippen LogP contribution in [0.15, 0.2) is 67.0 Å². The summed E-state index contributed by atoms with van der Waals surface area (Å²) in [5.74, 6) is 1.76. The number of imidazole rings is 1. The van der Waals surface area contributed by atoms with Gasteiger partial charge in [0.05, 0.1) is 24.8 Å². The zero-order valence-corrected chi connectivity index (χ0v) is 15.5. The van der Waals surface area contributed by atoms with E-state index < -0.39 is 0 Å². The molecule has 0 radical (unpaired) electrons. The van der Waals surface area contributed by atoms with Gasteiger partial charge in [-0.2, -0.15) is 0 Å². The second kappa shape index (κ2) is 7.13. The van der Waals surface area contributed by atoms with Crippen LogP contribution in [-0.2, 0) is 17.9 Å². The zero-order chi connectivity index (χ0) is 18.9. The number of ether oxygens (including phenoxy) is 1. The fourth-order valence-electron chi connectivity index (χ4n) is 4.14. The molecule has 1 aromatic heterocycles. The highest BCUT2D eigenvalue weighted by Crippen LogP contribution is 2.37. The Kier molecular flexibility index (Phi) is 4.33. The molecule has 0 unspecified atom stereocenters. The first kappa shape index (κ1) is 17.0. The second-order valence-electron chi connectivity index (χ2n) is 7.33. The minimum absolute atomic E-state index is 0.00365. The van der Waals surface area contributed by atoms with E-state index in [0.29, 0.717) is 26.1 Å². The van der Waals surface area contributed by atoms with Crippen molar-refractivity contribution in [1.82, 2.24) is 14.9 Å². The lowest BCUT2D eigenvalue weighted by molar-refractivity contribution is -0.123. The predicted octanol–water partition coefficient (Wildman–Crippen LogP) is 2.98. The van der Waals surface area contributed by atoms with Crippen molar-refractivity contribution in [2.75, 3.05) is 11.4 Å². The fourth-order valence-corrected chi connectivity index (χ4v) is 4.14. The van der Waals surface area contributed by atoms with Gasteiger partial charge < -0.3 is 14.6 Å². The summed E-state index contributed by atoms with van der Waals surface area (Å²) in [6.07, 6.45) is 4.25. The quantitative estimate of drug-likeness (QED) is 0.763. The maximum Gasteiger partial charge on any atom is 0.244 e. The van der Waals surface area contributed by atoms with Crippen molar-refractivity contribution in [2.45, 2.75) is 31.7 Å². The number of benzene rings is 2. The molecule has 1 N–H and O–H groups in total. The minimum Gasteiger partial charge on any atom is -0.487 e. The fraction of sp³-hybridized carbons (Fsp3) is 0.273. The Balaban J connectivity index is 1.50. The van der Waals surface area contributed by atoms with Gasteiger partial charge >= 0.3 is 0 Å². The van der Waals surface area contributed by atoms with Gasteiger partial charge in [-0.3, -0.25) is 9.69 Å². The minimum atomic E-state index is -0.216. The first-order chi connectivity index (χ1) is 13.8. The summed E-state index contributed by atoms with van der Waals surface area (Å²) in [6, 6.07) is 17.7. The average molecular weight is 374 g/mol. The van der Waals surface area contributed by atoms with Crippen LogP contribution in [-0.4, -0.2) is 39.5 Å². The number of H-pyrrole nitrogens is 1. The van der Waals surface area contributed by atoms with Crippen molar-refractivity contribution >= 4 is 11.6 Å². The molecule has 2 bridgehead atoms. The van der Waals surface area contributed by atoms with Crippen molar-refractivity contribution in [2.24, 2.45) is 0 Å². The van der Waals surface area contributed by atoms with E-state index in [1.165, 1.54) is 0 Å². The molecule has 2 aromatic carbocycles. The molecule has 142 valence electrons. The molecule has 6 nitrogen and oxygen atoms in total. The van der Waals surface area contributed by atoms with Crippen molar-refractivity contribution in [3.63, 3.8) is 0 Å². The molecular formula is C22H22N4O2. The predicted molar refractivity (Wildman–Crippen MR) is 106 cm³/mol. The molecule has 5 rings (SSSR count). The molecular weight excluding hydrogens is 352 g/mol. The van der Waals surface area contributed by atoms with Gasteiger partial charge in [-0.1, -0.05) is 42.5 Å². The molecule has 3 aromatic rings. The molecule has 2 atom stereocenters. The van der Waals surface area contributed by atoms with Crippen LogP contribution in [0.25, 0.3) is 0 Å². The first-order valence-corrected chi connectivity index (χ1v) is 9.61. The van der Waals surface area contributed by atoms with Gasteiger partial charge in [-0.25, -0.2) is 4.98 Å². The van der Waals surface area contributed by atoms with Crippen LogP contribution in [0.2, 0.25) is 0 Å². The van der Waals surface area contributed by atoms with Gasteiger partial charge in [0.2, 0.25) is 5.91 Å². The second-order valence-corrected chi connectivity index (χ2v) is 7.33. The van der Waals surface area contributed by atoms with Crippen LogP contribution in [0.5, 0.6) is 5.75 Å². The summed E-state index contributed by atoms with van der Waals surface area (Å²) >= 11 is 0. The lowest BCUT2D eigenvalue weighted by Gasteiger charge is -2.31. The van der Waals surface area contributed by atoms with Crippen LogP contribution in [0.1, 0.15) is 17.8 Å². The summed E-state index contributed by atoms with van der Waals surface area (Å²) in [5, 5.41) is 0. The van der Waals surface area contributed by atoms with Gasteiger partial charge in [-0.15, -0.1) is 0 Å². The van der Waals surface area contributed by atoms with E-state index in [0.717, 1.165) is 22.8 Å². The SMILES string of the molecule is O=C1[C@@H]2C[C@@H](CN2Cc2ncc[nH]2)Oc2ccccc2N1Cc1ccccc1. The highest BCUT2D eigenvalue weighted by atomic mass is 16.5. The number of fused-ring (bicyclic) bond motifs is 3. The Hall–Kier alpha value is -3.12. The Labute approximate surface area is 163 Å². The molecule has 2 aliphatic heterocycles. The Bertz CT molecular complexity index is 958. The molecule has 0 spiro atoms. The van der Waals surface area contributed by atoms with Crippen molar-refractivity contribution in [1.29, 1.82) is 0 Å². The Morgan fingerprint density at radius 2 is 1.89 bits per heavy atom. The Morgan fingerprint density at radius 3 is 2.71 bits per heavy atom. The summed E-state index contributed by atoms with van der Waals surface area (Å²) in [7, 11) is 0. The van der Waals surface area contributed by atoms with E-state index in [1.54, 1.807) is 6.20 Å². The van der Waals surface area contributed by atoms with Gasteiger partial charge in [-0.05, 0) is 17.7 Å². The third-order valence-electron chi connectivity index (χ3n) is 5.46. The number of hydrogen-bond acceptors (Lipinski definition) is 4. The van der Waals surface area contributed by atoms with Gasteiger partial charge in [0.1, 0.15) is 17.7 Å². The number of para-hydroxylation sites is 2. The molecule has 28 heavy (non-hydrogen) atoms. The third kappa shape index (κ3) is 3.16. The molecule has 2 aliphatic rings. The third-order valence-corrected chi connectivity index (χ3v) is 5.46. The van der Waals surface area contributed by atoms with Gasteiger partial charge in [0.25, 0.3) is 0 Å². The van der Waals surface area contributed by atoms with E-state index in [-0.39, 0.29) is 18.1 Å². The molecule has 1 fully saturated rings. The largest absolute Gasteiger partial charge is 0.487 e. The lowest BCUT2D eigenvalue weighted by atomic mass is 10.1. The van der Waals surface area contributed by atoms with E-state index in [1.807, 2.05) is 65.7 Å². The average Bonchev–Trinajstić information content (AvgIpc) is 3.37. The summed E-state index contributed by atoms with van der Waals surface area (Å²) in [5.41, 5.74) is 1.93. The molecule has 1 amide bonds. The van der Waals surface area contributed by atoms with Crippen LogP contribution in [0, 0.1) is 0 Å². The smallest absolute Gasteiger partial charge is 0.244 e. The maximum atomic E-state index is 13.7. The number of nitrogens with one attached hydrogen (secondary N) is 1. The number of aromatic amines is 1. The zero-order valence-electron chi connectivity index (χ0n) is 15.5.